The van der Waals surface area contributed by atoms with Crippen LogP contribution in [0.15, 0.2) is 42.5 Å². The van der Waals surface area contributed by atoms with Crippen LogP contribution < -0.4 is 0 Å². The molecule has 0 unspecified atom stereocenters. The van der Waals surface area contributed by atoms with E-state index in [4.69, 9.17) is 0 Å². The maximum absolute atomic E-state index is 11.4. The number of nitro benzene ring substituents is 1. The highest BCUT2D eigenvalue weighted by Gasteiger charge is 2.05. The Hall–Kier alpha value is -3.28. The first kappa shape index (κ1) is 14.6. The molecule has 0 fully saturated rings. The van der Waals surface area contributed by atoms with Crippen molar-refractivity contribution in [3.63, 3.8) is 0 Å². The smallest absolute Gasteiger partial charge is 0.269 e. The van der Waals surface area contributed by atoms with Crippen molar-refractivity contribution < 1.29 is 9.72 Å². The van der Waals surface area contributed by atoms with Crippen LogP contribution in [0.25, 0.3) is 23.2 Å². The number of hydrogen-bond acceptors (Lipinski definition) is 4. The monoisotopic (exact) mass is 307 g/mol. The number of nitrogens with one attached hydrogen (secondary N) is 1. The Morgan fingerprint density at radius 3 is 2.57 bits per heavy atom. The van der Waals surface area contributed by atoms with Crippen LogP contribution in [0.5, 0.6) is 0 Å². The summed E-state index contributed by atoms with van der Waals surface area (Å²) in [5, 5.41) is 10.6. The molecule has 1 aromatic heterocycles. The van der Waals surface area contributed by atoms with Gasteiger partial charge < -0.3 is 4.98 Å². The lowest BCUT2D eigenvalue weighted by Gasteiger charge is -1.93. The maximum atomic E-state index is 11.4. The molecule has 114 valence electrons. The molecular weight excluding hydrogens is 294 g/mol. The molecule has 0 saturated heterocycles. The highest BCUT2D eigenvalue weighted by atomic mass is 16.6. The second-order valence-electron chi connectivity index (χ2n) is 5.09. The lowest BCUT2D eigenvalue weighted by molar-refractivity contribution is -0.384. The van der Waals surface area contributed by atoms with Gasteiger partial charge >= 0.3 is 0 Å². The average Bonchev–Trinajstić information content (AvgIpc) is 2.95. The number of carbonyl (C=O) groups excluding carboxylic acids is 1. The summed E-state index contributed by atoms with van der Waals surface area (Å²) in [5.41, 5.74) is 3.09. The minimum atomic E-state index is -0.431. The molecule has 0 aliphatic heterocycles. The summed E-state index contributed by atoms with van der Waals surface area (Å²) in [7, 11) is 0. The second kappa shape index (κ2) is 5.84. The Balaban J connectivity index is 1.85. The maximum Gasteiger partial charge on any atom is 0.269 e. The van der Waals surface area contributed by atoms with Gasteiger partial charge in [-0.1, -0.05) is 6.08 Å². The fourth-order valence-electron chi connectivity index (χ4n) is 2.21. The van der Waals surface area contributed by atoms with E-state index < -0.39 is 4.92 Å². The van der Waals surface area contributed by atoms with Crippen molar-refractivity contribution in [2.24, 2.45) is 0 Å². The van der Waals surface area contributed by atoms with Crippen molar-refractivity contribution in [2.45, 2.75) is 6.92 Å². The van der Waals surface area contributed by atoms with Gasteiger partial charge in [-0.25, -0.2) is 4.98 Å². The average molecular weight is 307 g/mol. The van der Waals surface area contributed by atoms with Crippen LogP contribution in [0.1, 0.15) is 28.7 Å². The summed E-state index contributed by atoms with van der Waals surface area (Å²) in [6, 6.07) is 11.6. The number of fused-ring (bicyclic) bond motifs is 1. The number of ketones is 1. The van der Waals surface area contributed by atoms with E-state index in [1.807, 2.05) is 6.08 Å². The Morgan fingerprint density at radius 2 is 1.91 bits per heavy atom. The van der Waals surface area contributed by atoms with E-state index >= 15 is 0 Å². The van der Waals surface area contributed by atoms with Gasteiger partial charge in [-0.2, -0.15) is 0 Å². The molecule has 0 radical (unpaired) electrons. The van der Waals surface area contributed by atoms with E-state index in [1.54, 1.807) is 36.4 Å². The topological polar surface area (TPSA) is 88.9 Å². The zero-order valence-corrected chi connectivity index (χ0v) is 12.3. The van der Waals surface area contributed by atoms with E-state index in [2.05, 4.69) is 9.97 Å². The lowest BCUT2D eigenvalue weighted by Crippen LogP contribution is -1.90. The summed E-state index contributed by atoms with van der Waals surface area (Å²) in [4.78, 5) is 29.1. The number of aromatic nitrogens is 2. The number of H-pyrrole nitrogens is 1. The van der Waals surface area contributed by atoms with Crippen LogP contribution in [-0.4, -0.2) is 20.7 Å². The number of non-ortho nitro benzene ring substituents is 1. The summed E-state index contributed by atoms with van der Waals surface area (Å²) < 4.78 is 0. The van der Waals surface area contributed by atoms with Gasteiger partial charge in [0.1, 0.15) is 5.82 Å². The van der Waals surface area contributed by atoms with Crippen LogP contribution >= 0.6 is 0 Å². The van der Waals surface area contributed by atoms with Crippen molar-refractivity contribution in [3.8, 4) is 0 Å². The molecule has 3 rings (SSSR count). The molecule has 1 N–H and O–H groups in total. The number of aromatic amines is 1. The van der Waals surface area contributed by atoms with E-state index in [0.29, 0.717) is 11.4 Å². The SMILES string of the molecule is CC(=O)c1ccc2nc(/C=C/c3ccc([N+](=O)[O-])cc3)[nH]c2c1. The van der Waals surface area contributed by atoms with Gasteiger partial charge in [0.05, 0.1) is 16.0 Å². The minimum absolute atomic E-state index is 0.00414. The molecule has 0 spiro atoms. The number of nitro groups is 1. The molecule has 3 aromatic rings. The van der Waals surface area contributed by atoms with Gasteiger partial charge in [0.15, 0.2) is 5.78 Å². The molecule has 1 heterocycles. The molecule has 0 saturated carbocycles. The first-order valence-corrected chi connectivity index (χ1v) is 6.96. The van der Waals surface area contributed by atoms with E-state index in [-0.39, 0.29) is 11.5 Å². The Kier molecular flexibility index (Phi) is 3.72. The van der Waals surface area contributed by atoms with Crippen LogP contribution in [-0.2, 0) is 0 Å². The third-order valence-corrected chi connectivity index (χ3v) is 3.44. The quantitative estimate of drug-likeness (QED) is 0.450. The molecule has 0 aliphatic rings. The number of rotatable bonds is 4. The highest BCUT2D eigenvalue weighted by Crippen LogP contribution is 2.17. The third kappa shape index (κ3) is 3.16. The summed E-state index contributed by atoms with van der Waals surface area (Å²) in [5.74, 6) is 0.656. The largest absolute Gasteiger partial charge is 0.338 e. The summed E-state index contributed by atoms with van der Waals surface area (Å²) in [6.07, 6.45) is 3.60. The summed E-state index contributed by atoms with van der Waals surface area (Å²) in [6.45, 7) is 1.52. The standard InChI is InChI=1S/C17H13N3O3/c1-11(21)13-5-8-15-16(10-13)19-17(18-15)9-4-12-2-6-14(7-3-12)20(22)23/h2-10H,1H3,(H,18,19)/b9-4+. The number of imidazole rings is 1. The summed E-state index contributed by atoms with van der Waals surface area (Å²) >= 11 is 0. The molecule has 0 atom stereocenters. The fraction of sp³-hybridized carbons (Fsp3) is 0.0588. The molecule has 6 nitrogen and oxygen atoms in total. The number of nitrogens with zero attached hydrogens (tertiary/aromatic N) is 2. The third-order valence-electron chi connectivity index (χ3n) is 3.44. The fourth-order valence-corrected chi connectivity index (χ4v) is 2.21. The molecule has 0 bridgehead atoms. The minimum Gasteiger partial charge on any atom is -0.338 e. The van der Waals surface area contributed by atoms with Gasteiger partial charge in [-0.05, 0) is 48.9 Å². The van der Waals surface area contributed by atoms with E-state index in [1.165, 1.54) is 19.1 Å². The molecule has 2 aromatic carbocycles. The van der Waals surface area contributed by atoms with Crippen molar-refractivity contribution in [1.82, 2.24) is 9.97 Å². The second-order valence-corrected chi connectivity index (χ2v) is 5.09. The normalized spacial score (nSPS) is 11.2. The number of carbonyl (C=O) groups is 1. The predicted octanol–water partition coefficient (Wildman–Crippen LogP) is 3.84. The van der Waals surface area contributed by atoms with E-state index in [9.17, 15) is 14.9 Å². The lowest BCUT2D eigenvalue weighted by atomic mass is 10.1. The van der Waals surface area contributed by atoms with Crippen LogP contribution in [0.3, 0.4) is 0 Å². The first-order valence-electron chi connectivity index (χ1n) is 6.96. The zero-order valence-electron chi connectivity index (χ0n) is 12.3. The number of hydrogen-bond donors (Lipinski definition) is 1. The predicted molar refractivity (Wildman–Crippen MR) is 88.1 cm³/mol. The molecule has 0 aliphatic carbocycles. The van der Waals surface area contributed by atoms with Gasteiger partial charge in [0.2, 0.25) is 0 Å². The van der Waals surface area contributed by atoms with Crippen molar-refractivity contribution in [2.75, 3.05) is 0 Å². The molecular formula is C17H13N3O3. The Bertz CT molecular complexity index is 924. The Labute approximate surface area is 131 Å². The van der Waals surface area contributed by atoms with Crippen molar-refractivity contribution >= 4 is 34.7 Å². The number of benzene rings is 2. The zero-order chi connectivity index (χ0) is 16.4. The highest BCUT2D eigenvalue weighted by molar-refractivity contribution is 5.97. The van der Waals surface area contributed by atoms with Crippen molar-refractivity contribution in [3.05, 3.63) is 69.5 Å². The Morgan fingerprint density at radius 1 is 1.17 bits per heavy atom. The molecule has 6 heteroatoms. The van der Waals surface area contributed by atoms with Crippen LogP contribution in [0.2, 0.25) is 0 Å². The van der Waals surface area contributed by atoms with Gasteiger partial charge in [0, 0.05) is 17.7 Å². The number of Topliss-reactive ketones (excluding diaryl/α,β-unsaturated/α-hetero) is 1. The van der Waals surface area contributed by atoms with E-state index in [0.717, 1.165) is 16.6 Å². The van der Waals surface area contributed by atoms with Gasteiger partial charge in [-0.15, -0.1) is 0 Å². The van der Waals surface area contributed by atoms with Crippen LogP contribution in [0.4, 0.5) is 5.69 Å². The molecule has 23 heavy (non-hydrogen) atoms. The first-order chi connectivity index (χ1) is 11.0. The van der Waals surface area contributed by atoms with Crippen LogP contribution in [0, 0.1) is 10.1 Å². The van der Waals surface area contributed by atoms with Gasteiger partial charge in [-0.3, -0.25) is 14.9 Å². The molecule has 0 amide bonds. The van der Waals surface area contributed by atoms with Gasteiger partial charge in [0.25, 0.3) is 5.69 Å². The van der Waals surface area contributed by atoms with Crippen molar-refractivity contribution in [1.29, 1.82) is 0 Å².